The van der Waals surface area contributed by atoms with Gasteiger partial charge in [-0.3, -0.25) is 4.90 Å². The van der Waals surface area contributed by atoms with E-state index in [1.165, 1.54) is 0 Å². The molecule has 1 aliphatic rings. The molecular formula is C9H12ClNO2. The largest absolute Gasteiger partial charge is 0.448 e. The molecule has 4 heteroatoms. The molecule has 1 N–H and O–H groups in total. The Hall–Kier alpha value is -0.510. The van der Waals surface area contributed by atoms with Crippen LogP contribution in [0.5, 0.6) is 0 Å². The fourth-order valence-corrected chi connectivity index (χ4v) is 1.78. The smallest absolute Gasteiger partial charge is 0.193 e. The maximum Gasteiger partial charge on any atom is 0.193 e. The molecule has 1 aromatic rings. The maximum absolute atomic E-state index is 9.28. The second kappa shape index (κ2) is 3.70. The molecular weight excluding hydrogens is 190 g/mol. The number of nitrogens with zero attached hydrogens (tertiary/aromatic N) is 1. The summed E-state index contributed by atoms with van der Waals surface area (Å²) in [4.78, 5) is 2.15. The highest BCUT2D eigenvalue weighted by atomic mass is 35.5. The van der Waals surface area contributed by atoms with Gasteiger partial charge in [-0.1, -0.05) is 0 Å². The van der Waals surface area contributed by atoms with E-state index in [-0.39, 0.29) is 6.10 Å². The van der Waals surface area contributed by atoms with Crippen molar-refractivity contribution in [2.75, 3.05) is 13.1 Å². The fourth-order valence-electron chi connectivity index (χ4n) is 1.61. The summed E-state index contributed by atoms with van der Waals surface area (Å²) in [5.74, 6) is 0.860. The van der Waals surface area contributed by atoms with Crippen LogP contribution in [0.2, 0.25) is 5.22 Å². The van der Waals surface area contributed by atoms with E-state index in [2.05, 4.69) is 4.90 Å². The molecule has 2 rings (SSSR count). The third-order valence-corrected chi connectivity index (χ3v) is 2.46. The number of β-amino-alcohol motifs (C(OH)–C–C–N with tert-alkyl or cyclic N) is 1. The van der Waals surface area contributed by atoms with Gasteiger partial charge in [0.2, 0.25) is 0 Å². The quantitative estimate of drug-likeness (QED) is 0.788. The van der Waals surface area contributed by atoms with Crippen molar-refractivity contribution < 1.29 is 9.52 Å². The van der Waals surface area contributed by atoms with Gasteiger partial charge in [0.05, 0.1) is 12.6 Å². The molecule has 0 spiro atoms. The van der Waals surface area contributed by atoms with Gasteiger partial charge in [0.1, 0.15) is 5.76 Å². The molecule has 1 aromatic heterocycles. The summed E-state index contributed by atoms with van der Waals surface area (Å²) in [6, 6.07) is 3.61. The number of hydrogen-bond acceptors (Lipinski definition) is 3. The highest BCUT2D eigenvalue weighted by molar-refractivity contribution is 6.28. The van der Waals surface area contributed by atoms with E-state index in [1.54, 1.807) is 6.07 Å². The van der Waals surface area contributed by atoms with E-state index >= 15 is 0 Å². The van der Waals surface area contributed by atoms with Crippen LogP contribution in [0.25, 0.3) is 0 Å². The molecule has 0 unspecified atom stereocenters. The second-order valence-electron chi connectivity index (χ2n) is 3.38. The van der Waals surface area contributed by atoms with Crippen LogP contribution in [0, 0.1) is 0 Å². The lowest BCUT2D eigenvalue weighted by Crippen LogP contribution is -2.21. The average molecular weight is 202 g/mol. The SMILES string of the molecule is O[C@@H]1CCN(Cc2ccc(Cl)o2)C1. The normalized spacial score (nSPS) is 24.0. The lowest BCUT2D eigenvalue weighted by molar-refractivity contribution is 0.172. The molecule has 0 radical (unpaired) electrons. The summed E-state index contributed by atoms with van der Waals surface area (Å²) in [6.07, 6.45) is 0.680. The minimum Gasteiger partial charge on any atom is -0.448 e. The number of hydrogen-bond donors (Lipinski definition) is 1. The van der Waals surface area contributed by atoms with Crippen molar-refractivity contribution in [3.8, 4) is 0 Å². The summed E-state index contributed by atoms with van der Waals surface area (Å²) < 4.78 is 5.22. The van der Waals surface area contributed by atoms with Crippen molar-refractivity contribution in [2.24, 2.45) is 0 Å². The van der Waals surface area contributed by atoms with Crippen molar-refractivity contribution in [1.82, 2.24) is 4.90 Å². The summed E-state index contributed by atoms with van der Waals surface area (Å²) >= 11 is 5.64. The standard InChI is InChI=1S/C9H12ClNO2/c10-9-2-1-8(13-9)6-11-4-3-7(12)5-11/h1-2,7,12H,3-6H2/t7-/m1/s1. The molecule has 1 saturated heterocycles. The first-order chi connectivity index (χ1) is 6.24. The number of aliphatic hydroxyl groups is 1. The third-order valence-electron chi connectivity index (χ3n) is 2.26. The van der Waals surface area contributed by atoms with Crippen LogP contribution >= 0.6 is 11.6 Å². The Kier molecular flexibility index (Phi) is 2.58. The summed E-state index contributed by atoms with van der Waals surface area (Å²) in [5, 5.41) is 9.71. The molecule has 72 valence electrons. The lowest BCUT2D eigenvalue weighted by Gasteiger charge is -2.11. The van der Waals surface area contributed by atoms with Crippen molar-refractivity contribution in [3.63, 3.8) is 0 Å². The number of likely N-dealkylation sites (tertiary alicyclic amines) is 1. The van der Waals surface area contributed by atoms with Crippen molar-refractivity contribution >= 4 is 11.6 Å². The van der Waals surface area contributed by atoms with Gasteiger partial charge in [0, 0.05) is 13.1 Å². The van der Waals surface area contributed by atoms with Gasteiger partial charge in [-0.05, 0) is 30.2 Å². The first-order valence-electron chi connectivity index (χ1n) is 4.38. The number of rotatable bonds is 2. The molecule has 1 fully saturated rings. The molecule has 1 atom stereocenters. The van der Waals surface area contributed by atoms with Crippen LogP contribution in [0.3, 0.4) is 0 Å². The van der Waals surface area contributed by atoms with Crippen molar-refractivity contribution in [1.29, 1.82) is 0 Å². The van der Waals surface area contributed by atoms with Crippen LogP contribution in [0.1, 0.15) is 12.2 Å². The molecule has 0 bridgehead atoms. The molecule has 13 heavy (non-hydrogen) atoms. The Morgan fingerprint density at radius 2 is 2.46 bits per heavy atom. The molecule has 2 heterocycles. The first-order valence-corrected chi connectivity index (χ1v) is 4.76. The number of aliphatic hydroxyl groups excluding tert-OH is 1. The number of halogens is 1. The van der Waals surface area contributed by atoms with Gasteiger partial charge >= 0.3 is 0 Å². The summed E-state index contributed by atoms with van der Waals surface area (Å²) in [6.45, 7) is 2.40. The highest BCUT2D eigenvalue weighted by Gasteiger charge is 2.20. The monoisotopic (exact) mass is 201 g/mol. The topological polar surface area (TPSA) is 36.6 Å². The first kappa shape index (κ1) is 9.06. The minimum atomic E-state index is -0.176. The van der Waals surface area contributed by atoms with E-state index in [4.69, 9.17) is 16.0 Å². The number of furan rings is 1. The Bertz CT molecular complexity index is 287. The zero-order chi connectivity index (χ0) is 9.26. The van der Waals surface area contributed by atoms with Crippen LogP contribution in [-0.2, 0) is 6.54 Å². The molecule has 3 nitrogen and oxygen atoms in total. The molecule has 0 amide bonds. The predicted molar refractivity (Wildman–Crippen MR) is 49.6 cm³/mol. The van der Waals surface area contributed by atoms with E-state index in [9.17, 15) is 5.11 Å². The van der Waals surface area contributed by atoms with E-state index in [1.807, 2.05) is 6.07 Å². The van der Waals surface area contributed by atoms with Crippen LogP contribution in [-0.4, -0.2) is 29.2 Å². The predicted octanol–water partition coefficient (Wildman–Crippen LogP) is 1.50. The Morgan fingerprint density at radius 3 is 3.00 bits per heavy atom. The fraction of sp³-hybridized carbons (Fsp3) is 0.556. The minimum absolute atomic E-state index is 0.176. The van der Waals surface area contributed by atoms with E-state index in [0.717, 1.165) is 31.8 Å². The lowest BCUT2D eigenvalue weighted by atomic mass is 10.3. The van der Waals surface area contributed by atoms with E-state index < -0.39 is 0 Å². The highest BCUT2D eigenvalue weighted by Crippen LogP contribution is 2.17. The Labute approximate surface area is 81.9 Å². The second-order valence-corrected chi connectivity index (χ2v) is 3.76. The molecule has 0 aromatic carbocycles. The Balaban J connectivity index is 1.91. The van der Waals surface area contributed by atoms with Crippen LogP contribution in [0.15, 0.2) is 16.5 Å². The molecule has 0 aliphatic carbocycles. The van der Waals surface area contributed by atoms with Gasteiger partial charge in [-0.25, -0.2) is 0 Å². The molecule has 0 saturated carbocycles. The van der Waals surface area contributed by atoms with Gasteiger partial charge in [-0.15, -0.1) is 0 Å². The summed E-state index contributed by atoms with van der Waals surface area (Å²) in [7, 11) is 0. The third kappa shape index (κ3) is 2.24. The van der Waals surface area contributed by atoms with E-state index in [0.29, 0.717) is 5.22 Å². The zero-order valence-electron chi connectivity index (χ0n) is 7.24. The summed E-state index contributed by atoms with van der Waals surface area (Å²) in [5.41, 5.74) is 0. The van der Waals surface area contributed by atoms with Crippen molar-refractivity contribution in [2.45, 2.75) is 19.1 Å². The molecule has 1 aliphatic heterocycles. The van der Waals surface area contributed by atoms with Gasteiger partial charge in [-0.2, -0.15) is 0 Å². The Morgan fingerprint density at radius 1 is 1.62 bits per heavy atom. The van der Waals surface area contributed by atoms with Gasteiger partial charge < -0.3 is 9.52 Å². The maximum atomic E-state index is 9.28. The zero-order valence-corrected chi connectivity index (χ0v) is 8.00. The van der Waals surface area contributed by atoms with Crippen LogP contribution in [0.4, 0.5) is 0 Å². The average Bonchev–Trinajstić information content (AvgIpc) is 2.62. The van der Waals surface area contributed by atoms with Gasteiger partial charge in [0.15, 0.2) is 5.22 Å². The van der Waals surface area contributed by atoms with Crippen molar-refractivity contribution in [3.05, 3.63) is 23.1 Å². The van der Waals surface area contributed by atoms with Crippen LogP contribution < -0.4 is 0 Å². The van der Waals surface area contributed by atoms with Gasteiger partial charge in [0.25, 0.3) is 0 Å².